The number of nitrogens with one attached hydrogen (secondary N) is 1. The zero-order valence-electron chi connectivity index (χ0n) is 7.63. The lowest BCUT2D eigenvalue weighted by Crippen LogP contribution is -2.52. The van der Waals surface area contributed by atoms with Crippen LogP contribution in [0.25, 0.3) is 0 Å². The molecule has 0 amide bonds. The van der Waals surface area contributed by atoms with Crippen LogP contribution in [-0.4, -0.2) is 36.4 Å². The summed E-state index contributed by atoms with van der Waals surface area (Å²) in [6, 6.07) is 0. The van der Waals surface area contributed by atoms with Crippen LogP contribution in [0.2, 0.25) is 0 Å². The molecule has 2 N–H and O–H groups in total. The zero-order chi connectivity index (χ0) is 9.35. The average molecular weight is 173 g/mol. The largest absolute Gasteiger partial charge is 0.460 e. The van der Waals surface area contributed by atoms with E-state index in [2.05, 4.69) is 5.32 Å². The lowest BCUT2D eigenvalue weighted by atomic mass is 9.85. The van der Waals surface area contributed by atoms with Crippen molar-refractivity contribution in [2.45, 2.75) is 25.5 Å². The first-order chi connectivity index (χ1) is 5.56. The van der Waals surface area contributed by atoms with Gasteiger partial charge in [-0.15, -0.1) is 0 Å². The monoisotopic (exact) mass is 173 g/mol. The number of likely N-dealkylation sites (N-methyl/N-ethyl adjacent to an activating group) is 1. The summed E-state index contributed by atoms with van der Waals surface area (Å²) in [6.45, 7) is 3.54. The molecule has 1 aliphatic rings. The third-order valence-corrected chi connectivity index (χ3v) is 2.87. The molecule has 4 heteroatoms. The topological polar surface area (TPSA) is 58.6 Å². The van der Waals surface area contributed by atoms with E-state index in [4.69, 9.17) is 9.84 Å². The molecule has 1 rings (SSSR count). The molecule has 0 spiro atoms. The van der Waals surface area contributed by atoms with Crippen molar-refractivity contribution in [3.8, 4) is 0 Å². The molecule has 0 aliphatic carbocycles. The van der Waals surface area contributed by atoms with Gasteiger partial charge in [-0.05, 0) is 20.9 Å². The second-order valence-corrected chi connectivity index (χ2v) is 3.35. The Morgan fingerprint density at radius 3 is 2.67 bits per heavy atom. The summed E-state index contributed by atoms with van der Waals surface area (Å²) in [5.41, 5.74) is -0.439. The minimum atomic E-state index is -0.447. The number of carbonyl (C=O) groups is 1. The van der Waals surface area contributed by atoms with Crippen LogP contribution in [0.5, 0.6) is 0 Å². The van der Waals surface area contributed by atoms with Crippen LogP contribution in [0.3, 0.4) is 0 Å². The van der Waals surface area contributed by atoms with Gasteiger partial charge in [0.1, 0.15) is 12.0 Å². The van der Waals surface area contributed by atoms with Gasteiger partial charge in [0, 0.05) is 0 Å². The Hall–Kier alpha value is -0.610. The van der Waals surface area contributed by atoms with Gasteiger partial charge in [0.2, 0.25) is 0 Å². The van der Waals surface area contributed by atoms with Crippen LogP contribution in [0, 0.1) is 5.92 Å². The van der Waals surface area contributed by atoms with Crippen LogP contribution in [0.4, 0.5) is 0 Å². The van der Waals surface area contributed by atoms with E-state index in [-0.39, 0.29) is 18.7 Å². The number of carbonyl (C=O) groups excluding carboxylic acids is 1. The molecule has 0 unspecified atom stereocenters. The first kappa shape index (κ1) is 9.48. The van der Waals surface area contributed by atoms with Crippen molar-refractivity contribution in [2.75, 3.05) is 13.7 Å². The molecule has 0 radical (unpaired) electrons. The molecule has 70 valence electrons. The maximum atomic E-state index is 11.2. The van der Waals surface area contributed by atoms with Crippen LogP contribution in [-0.2, 0) is 9.53 Å². The Morgan fingerprint density at radius 2 is 2.33 bits per heavy atom. The molecule has 0 bridgehead atoms. The number of rotatable bonds is 2. The van der Waals surface area contributed by atoms with E-state index in [1.54, 1.807) is 7.05 Å². The Kier molecular flexibility index (Phi) is 2.39. The molecular weight excluding hydrogens is 158 g/mol. The number of cyclic esters (lactones) is 1. The highest BCUT2D eigenvalue weighted by atomic mass is 16.6. The van der Waals surface area contributed by atoms with Crippen LogP contribution in [0.1, 0.15) is 13.8 Å². The predicted octanol–water partition coefficient (Wildman–Crippen LogP) is -0.482. The summed E-state index contributed by atoms with van der Waals surface area (Å²) in [4.78, 5) is 11.2. The quantitative estimate of drug-likeness (QED) is 0.554. The van der Waals surface area contributed by atoms with Gasteiger partial charge >= 0.3 is 5.97 Å². The van der Waals surface area contributed by atoms with Crippen molar-refractivity contribution in [1.29, 1.82) is 0 Å². The minimum Gasteiger partial charge on any atom is -0.460 e. The standard InChI is InChI=1S/C8H15NO3/c1-5-8(2,9-3)6(4-10)7(11)12-5/h5-6,9-10H,4H2,1-3H3/t5-,6+,8-/m1/s1. The smallest absolute Gasteiger partial charge is 0.313 e. The molecular formula is C8H15NO3. The third-order valence-electron chi connectivity index (χ3n) is 2.87. The van der Waals surface area contributed by atoms with Crippen molar-refractivity contribution < 1.29 is 14.6 Å². The number of hydrogen-bond acceptors (Lipinski definition) is 4. The van der Waals surface area contributed by atoms with Crippen LogP contribution < -0.4 is 5.32 Å². The molecule has 1 aliphatic heterocycles. The maximum Gasteiger partial charge on any atom is 0.313 e. The van der Waals surface area contributed by atoms with Gasteiger partial charge in [-0.2, -0.15) is 0 Å². The van der Waals surface area contributed by atoms with Gasteiger partial charge < -0.3 is 15.2 Å². The van der Waals surface area contributed by atoms with E-state index in [0.29, 0.717) is 0 Å². The molecule has 0 aromatic heterocycles. The van der Waals surface area contributed by atoms with Gasteiger partial charge in [0.25, 0.3) is 0 Å². The first-order valence-electron chi connectivity index (χ1n) is 4.06. The third kappa shape index (κ3) is 1.11. The normalized spacial score (nSPS) is 41.5. The van der Waals surface area contributed by atoms with Crippen LogP contribution in [0.15, 0.2) is 0 Å². The van der Waals surface area contributed by atoms with Gasteiger partial charge in [-0.1, -0.05) is 0 Å². The maximum absolute atomic E-state index is 11.2. The minimum absolute atomic E-state index is 0.166. The van der Waals surface area contributed by atoms with Gasteiger partial charge in [-0.25, -0.2) is 0 Å². The Morgan fingerprint density at radius 1 is 1.75 bits per heavy atom. The molecule has 1 heterocycles. The first-order valence-corrected chi connectivity index (χ1v) is 4.06. The molecule has 0 aromatic carbocycles. The highest BCUT2D eigenvalue weighted by molar-refractivity contribution is 5.77. The van der Waals surface area contributed by atoms with Crippen molar-refractivity contribution in [2.24, 2.45) is 5.92 Å². The average Bonchev–Trinajstić information content (AvgIpc) is 2.24. The number of aliphatic hydroxyl groups excluding tert-OH is 1. The fourth-order valence-corrected chi connectivity index (χ4v) is 1.55. The highest BCUT2D eigenvalue weighted by Crippen LogP contribution is 2.31. The van der Waals surface area contributed by atoms with Crippen LogP contribution >= 0.6 is 0 Å². The van der Waals surface area contributed by atoms with Gasteiger partial charge in [0.15, 0.2) is 0 Å². The van der Waals surface area contributed by atoms with E-state index in [1.165, 1.54) is 0 Å². The molecule has 1 fully saturated rings. The number of aliphatic hydroxyl groups is 1. The molecule has 3 atom stereocenters. The van der Waals surface area contributed by atoms with E-state index >= 15 is 0 Å². The Balaban J connectivity index is 2.89. The van der Waals surface area contributed by atoms with Crippen molar-refractivity contribution >= 4 is 5.97 Å². The molecule has 12 heavy (non-hydrogen) atoms. The van der Waals surface area contributed by atoms with Gasteiger partial charge in [-0.3, -0.25) is 4.79 Å². The van der Waals surface area contributed by atoms with Crippen molar-refractivity contribution in [3.63, 3.8) is 0 Å². The van der Waals surface area contributed by atoms with Crippen molar-refractivity contribution in [3.05, 3.63) is 0 Å². The van der Waals surface area contributed by atoms with E-state index in [0.717, 1.165) is 0 Å². The van der Waals surface area contributed by atoms with E-state index in [1.807, 2.05) is 13.8 Å². The Bertz CT molecular complexity index is 195. The summed E-state index contributed by atoms with van der Waals surface area (Å²) in [5.74, 6) is -0.764. The van der Waals surface area contributed by atoms with Gasteiger partial charge in [0.05, 0.1) is 12.1 Å². The molecule has 4 nitrogen and oxygen atoms in total. The second-order valence-electron chi connectivity index (χ2n) is 3.35. The van der Waals surface area contributed by atoms with E-state index < -0.39 is 11.5 Å². The lowest BCUT2D eigenvalue weighted by Gasteiger charge is -2.29. The SMILES string of the molecule is CN[C@]1(C)[C@@H](C)OC(=O)[C@@H]1CO. The molecule has 0 saturated carbocycles. The lowest BCUT2D eigenvalue weighted by molar-refractivity contribution is -0.144. The highest BCUT2D eigenvalue weighted by Gasteiger charge is 2.50. The summed E-state index contributed by atoms with van der Waals surface area (Å²) in [7, 11) is 1.76. The summed E-state index contributed by atoms with van der Waals surface area (Å²) < 4.78 is 5.01. The molecule has 0 aromatic rings. The van der Waals surface area contributed by atoms with Crippen molar-refractivity contribution in [1.82, 2.24) is 5.32 Å². The molecule has 1 saturated heterocycles. The van der Waals surface area contributed by atoms with E-state index in [9.17, 15) is 4.79 Å². The second kappa shape index (κ2) is 3.03. The fourth-order valence-electron chi connectivity index (χ4n) is 1.55. The summed E-state index contributed by atoms with van der Waals surface area (Å²) in [5, 5.41) is 12.0. The fraction of sp³-hybridized carbons (Fsp3) is 0.875. The Labute approximate surface area is 71.9 Å². The summed E-state index contributed by atoms with van der Waals surface area (Å²) in [6.07, 6.45) is -0.188. The number of hydrogen-bond donors (Lipinski definition) is 2. The number of esters is 1. The summed E-state index contributed by atoms with van der Waals surface area (Å²) >= 11 is 0. The predicted molar refractivity (Wildman–Crippen MR) is 43.6 cm³/mol. The zero-order valence-corrected chi connectivity index (χ0v) is 7.63. The number of ether oxygens (including phenoxy) is 1.